The average Bonchev–Trinajstić information content (AvgIpc) is 2.83. The summed E-state index contributed by atoms with van der Waals surface area (Å²) in [6.45, 7) is 2.94. The Morgan fingerprint density at radius 1 is 1.58 bits per heavy atom. The lowest BCUT2D eigenvalue weighted by atomic mass is 10.0. The maximum atomic E-state index is 12.1. The first-order chi connectivity index (χ1) is 9.13. The fourth-order valence-electron chi connectivity index (χ4n) is 2.28. The van der Waals surface area contributed by atoms with Crippen LogP contribution < -0.4 is 10.1 Å². The number of carbonyl (C=O) groups excluding carboxylic acids is 1. The van der Waals surface area contributed by atoms with Gasteiger partial charge in [0.15, 0.2) is 0 Å². The maximum Gasteiger partial charge on any atom is 0.226 e. The summed E-state index contributed by atoms with van der Waals surface area (Å²) in [6, 6.07) is 5.43. The zero-order valence-corrected chi connectivity index (χ0v) is 11.9. The number of carbonyl (C=O) groups is 1. The van der Waals surface area contributed by atoms with Crippen LogP contribution in [0, 0.1) is 5.92 Å². The fourth-order valence-corrected chi connectivity index (χ4v) is 2.52. The molecule has 0 radical (unpaired) electrons. The van der Waals surface area contributed by atoms with Crippen molar-refractivity contribution in [3.8, 4) is 5.75 Å². The number of benzene rings is 1. The molecule has 5 heteroatoms. The Balaban J connectivity index is 2.00. The molecule has 104 valence electrons. The van der Waals surface area contributed by atoms with Crippen LogP contribution in [-0.2, 0) is 16.1 Å². The molecular formula is C14H18ClNO3. The van der Waals surface area contributed by atoms with E-state index < -0.39 is 0 Å². The van der Waals surface area contributed by atoms with Gasteiger partial charge < -0.3 is 14.8 Å². The van der Waals surface area contributed by atoms with Gasteiger partial charge in [0, 0.05) is 23.7 Å². The number of rotatable bonds is 4. The van der Waals surface area contributed by atoms with Crippen LogP contribution in [0.25, 0.3) is 0 Å². The number of halogens is 1. The van der Waals surface area contributed by atoms with Crippen LogP contribution >= 0.6 is 11.6 Å². The van der Waals surface area contributed by atoms with E-state index in [1.165, 1.54) is 0 Å². The van der Waals surface area contributed by atoms with Crippen molar-refractivity contribution in [3.63, 3.8) is 0 Å². The molecule has 1 aliphatic rings. The van der Waals surface area contributed by atoms with Gasteiger partial charge in [0.1, 0.15) is 5.75 Å². The lowest BCUT2D eigenvalue weighted by molar-refractivity contribution is -0.126. The zero-order chi connectivity index (χ0) is 13.8. The van der Waals surface area contributed by atoms with E-state index in [4.69, 9.17) is 21.1 Å². The van der Waals surface area contributed by atoms with E-state index in [0.717, 1.165) is 12.0 Å². The van der Waals surface area contributed by atoms with Crippen molar-refractivity contribution in [1.29, 1.82) is 0 Å². The largest absolute Gasteiger partial charge is 0.496 e. The highest BCUT2D eigenvalue weighted by molar-refractivity contribution is 6.31. The van der Waals surface area contributed by atoms with E-state index in [1.54, 1.807) is 13.2 Å². The van der Waals surface area contributed by atoms with Gasteiger partial charge in [-0.15, -0.1) is 0 Å². The highest BCUT2D eigenvalue weighted by atomic mass is 35.5. The third-order valence-electron chi connectivity index (χ3n) is 3.45. The standard InChI is InChI=1S/C14H18ClNO3/c1-9-10(6-7-19-9)14(17)16-8-11-12(15)4-3-5-13(11)18-2/h3-5,9-10H,6-8H2,1-2H3,(H,16,17)/t9-,10+/m1/s1. The van der Waals surface area contributed by atoms with Crippen molar-refractivity contribution in [2.24, 2.45) is 5.92 Å². The molecule has 1 aliphatic heterocycles. The van der Waals surface area contributed by atoms with Crippen molar-refractivity contribution in [1.82, 2.24) is 5.32 Å². The van der Waals surface area contributed by atoms with E-state index in [1.807, 2.05) is 19.1 Å². The lowest BCUT2D eigenvalue weighted by Gasteiger charge is -2.15. The van der Waals surface area contributed by atoms with Gasteiger partial charge >= 0.3 is 0 Å². The van der Waals surface area contributed by atoms with Crippen LogP contribution in [0.4, 0.5) is 0 Å². The molecule has 2 atom stereocenters. The number of amides is 1. The van der Waals surface area contributed by atoms with Gasteiger partial charge in [-0.1, -0.05) is 17.7 Å². The topological polar surface area (TPSA) is 47.6 Å². The summed E-state index contributed by atoms with van der Waals surface area (Å²) in [5.41, 5.74) is 0.798. The van der Waals surface area contributed by atoms with E-state index in [2.05, 4.69) is 5.32 Å². The molecule has 0 aliphatic carbocycles. The molecule has 1 N–H and O–H groups in total. The highest BCUT2D eigenvalue weighted by Gasteiger charge is 2.30. The molecule has 2 rings (SSSR count). The molecule has 0 bridgehead atoms. The molecule has 1 amide bonds. The summed E-state index contributed by atoms with van der Waals surface area (Å²) in [5, 5.41) is 3.50. The third-order valence-corrected chi connectivity index (χ3v) is 3.80. The molecule has 0 unspecified atom stereocenters. The number of hydrogen-bond acceptors (Lipinski definition) is 3. The van der Waals surface area contributed by atoms with Crippen molar-refractivity contribution in [2.45, 2.75) is 26.0 Å². The SMILES string of the molecule is COc1cccc(Cl)c1CNC(=O)[C@H]1CCO[C@@H]1C. The molecule has 1 heterocycles. The van der Waals surface area contributed by atoms with Gasteiger partial charge in [0.05, 0.1) is 19.1 Å². The number of ether oxygens (including phenoxy) is 2. The minimum absolute atomic E-state index is 0.00646. The van der Waals surface area contributed by atoms with Gasteiger partial charge in [0.2, 0.25) is 5.91 Å². The molecule has 0 saturated carbocycles. The number of nitrogens with one attached hydrogen (secondary N) is 1. The normalized spacial score (nSPS) is 22.3. The monoisotopic (exact) mass is 283 g/mol. The minimum atomic E-state index is -0.0755. The van der Waals surface area contributed by atoms with Gasteiger partial charge in [-0.25, -0.2) is 0 Å². The third kappa shape index (κ3) is 3.19. The van der Waals surface area contributed by atoms with Crippen LogP contribution in [0.2, 0.25) is 5.02 Å². The summed E-state index contributed by atoms with van der Waals surface area (Å²) in [4.78, 5) is 12.1. The van der Waals surface area contributed by atoms with Gasteiger partial charge in [-0.3, -0.25) is 4.79 Å². The quantitative estimate of drug-likeness (QED) is 0.923. The number of methoxy groups -OCH3 is 1. The van der Waals surface area contributed by atoms with Crippen LogP contribution in [0.5, 0.6) is 5.75 Å². The van der Waals surface area contributed by atoms with Crippen molar-refractivity contribution in [3.05, 3.63) is 28.8 Å². The molecule has 4 nitrogen and oxygen atoms in total. The van der Waals surface area contributed by atoms with E-state index >= 15 is 0 Å². The van der Waals surface area contributed by atoms with Gasteiger partial charge in [-0.2, -0.15) is 0 Å². The van der Waals surface area contributed by atoms with Crippen LogP contribution in [-0.4, -0.2) is 25.7 Å². The second kappa shape index (κ2) is 6.26. The molecule has 0 aromatic heterocycles. The summed E-state index contributed by atoms with van der Waals surface area (Å²) < 4.78 is 10.6. The second-order valence-corrected chi connectivity index (χ2v) is 5.02. The predicted molar refractivity (Wildman–Crippen MR) is 73.4 cm³/mol. The van der Waals surface area contributed by atoms with Crippen LogP contribution in [0.1, 0.15) is 18.9 Å². The molecule has 19 heavy (non-hydrogen) atoms. The summed E-state index contributed by atoms with van der Waals surface area (Å²) in [6.07, 6.45) is 0.750. The van der Waals surface area contributed by atoms with Gasteiger partial charge in [-0.05, 0) is 25.5 Å². The first kappa shape index (κ1) is 14.2. The van der Waals surface area contributed by atoms with Crippen molar-refractivity contribution in [2.75, 3.05) is 13.7 Å². The van der Waals surface area contributed by atoms with E-state index in [0.29, 0.717) is 23.9 Å². The van der Waals surface area contributed by atoms with Crippen molar-refractivity contribution < 1.29 is 14.3 Å². The first-order valence-electron chi connectivity index (χ1n) is 6.34. The molecule has 1 fully saturated rings. The van der Waals surface area contributed by atoms with E-state index in [-0.39, 0.29) is 17.9 Å². The Bertz CT molecular complexity index is 464. The average molecular weight is 284 g/mol. The van der Waals surface area contributed by atoms with Crippen LogP contribution in [0.3, 0.4) is 0 Å². The first-order valence-corrected chi connectivity index (χ1v) is 6.72. The lowest BCUT2D eigenvalue weighted by Crippen LogP contribution is -2.33. The summed E-state index contributed by atoms with van der Waals surface area (Å²) in [5.74, 6) is 0.615. The Morgan fingerprint density at radius 2 is 2.37 bits per heavy atom. The van der Waals surface area contributed by atoms with Crippen molar-refractivity contribution >= 4 is 17.5 Å². The molecule has 0 spiro atoms. The highest BCUT2D eigenvalue weighted by Crippen LogP contribution is 2.26. The summed E-state index contributed by atoms with van der Waals surface area (Å²) >= 11 is 6.12. The second-order valence-electron chi connectivity index (χ2n) is 4.61. The zero-order valence-electron chi connectivity index (χ0n) is 11.1. The minimum Gasteiger partial charge on any atom is -0.496 e. The summed E-state index contributed by atoms with van der Waals surface area (Å²) in [7, 11) is 1.59. The fraction of sp³-hybridized carbons (Fsp3) is 0.500. The maximum absolute atomic E-state index is 12.1. The molecule has 1 aromatic rings. The Morgan fingerprint density at radius 3 is 3.00 bits per heavy atom. The van der Waals surface area contributed by atoms with Gasteiger partial charge in [0.25, 0.3) is 0 Å². The molecule has 1 aromatic carbocycles. The number of hydrogen-bond donors (Lipinski definition) is 1. The molecule has 1 saturated heterocycles. The molecular weight excluding hydrogens is 266 g/mol. The van der Waals surface area contributed by atoms with Crippen LogP contribution in [0.15, 0.2) is 18.2 Å². The Kier molecular flexibility index (Phi) is 4.66. The Labute approximate surface area is 118 Å². The smallest absolute Gasteiger partial charge is 0.226 e. The predicted octanol–water partition coefficient (Wildman–Crippen LogP) is 2.39. The Hall–Kier alpha value is -1.26. The van der Waals surface area contributed by atoms with E-state index in [9.17, 15) is 4.79 Å².